The van der Waals surface area contributed by atoms with Crippen molar-refractivity contribution in [1.29, 1.82) is 0 Å². The Bertz CT molecular complexity index is 884. The molecule has 9 heteroatoms. The molecule has 7 nitrogen and oxygen atoms in total. The Balaban J connectivity index is 1.49. The molecule has 1 aromatic heterocycles. The van der Waals surface area contributed by atoms with Gasteiger partial charge in [0.15, 0.2) is 0 Å². The van der Waals surface area contributed by atoms with Gasteiger partial charge in [-0.3, -0.25) is 4.79 Å². The quantitative estimate of drug-likeness (QED) is 0.599. The fourth-order valence-corrected chi connectivity index (χ4v) is 3.11. The number of nitrogens with zero attached hydrogens (tertiary/aromatic N) is 4. The number of methoxy groups -OCH3 is 1. The highest BCUT2D eigenvalue weighted by Crippen LogP contribution is 2.18. The van der Waals surface area contributed by atoms with E-state index in [1.54, 1.807) is 11.8 Å². The van der Waals surface area contributed by atoms with Gasteiger partial charge in [0.2, 0.25) is 11.1 Å². The lowest BCUT2D eigenvalue weighted by atomic mass is 10.2. The summed E-state index contributed by atoms with van der Waals surface area (Å²) < 4.78 is 19.7. The van der Waals surface area contributed by atoms with Crippen LogP contribution in [0.3, 0.4) is 0 Å². The Morgan fingerprint density at radius 2 is 1.93 bits per heavy atom. The van der Waals surface area contributed by atoms with Gasteiger partial charge in [-0.2, -0.15) is 0 Å². The van der Waals surface area contributed by atoms with Crippen LogP contribution in [0.5, 0.6) is 5.75 Å². The van der Waals surface area contributed by atoms with Crippen LogP contribution in [-0.2, 0) is 11.3 Å². The topological polar surface area (TPSA) is 81.9 Å². The molecule has 0 bridgehead atoms. The molecule has 0 radical (unpaired) electrons. The minimum absolute atomic E-state index is 0.150. The number of nitrogens with one attached hydrogen (secondary N) is 1. The first-order valence-corrected chi connectivity index (χ1v) is 9.20. The molecule has 0 aliphatic carbocycles. The minimum atomic E-state index is -0.341. The maximum absolute atomic E-state index is 12.9. The van der Waals surface area contributed by atoms with E-state index >= 15 is 0 Å². The summed E-state index contributed by atoms with van der Waals surface area (Å²) in [6, 6.07) is 13.3. The normalized spacial score (nSPS) is 10.6. The molecule has 0 saturated heterocycles. The largest absolute Gasteiger partial charge is 0.497 e. The van der Waals surface area contributed by atoms with Crippen molar-refractivity contribution in [2.45, 2.75) is 18.1 Å². The van der Waals surface area contributed by atoms with Gasteiger partial charge in [-0.15, -0.1) is 5.10 Å². The van der Waals surface area contributed by atoms with Crippen LogP contribution in [-0.4, -0.2) is 39.0 Å². The van der Waals surface area contributed by atoms with Crippen molar-refractivity contribution in [2.75, 3.05) is 18.2 Å². The zero-order valence-electron chi connectivity index (χ0n) is 14.6. The lowest BCUT2D eigenvalue weighted by Gasteiger charge is -2.06. The van der Waals surface area contributed by atoms with Gasteiger partial charge in [-0.25, -0.2) is 9.07 Å². The lowest BCUT2D eigenvalue weighted by molar-refractivity contribution is -0.115. The van der Waals surface area contributed by atoms with E-state index in [2.05, 4.69) is 20.8 Å². The number of hydrogen-bond donors (Lipinski definition) is 1. The van der Waals surface area contributed by atoms with E-state index in [0.717, 1.165) is 11.3 Å². The third kappa shape index (κ3) is 5.52. The second-order valence-electron chi connectivity index (χ2n) is 5.62. The minimum Gasteiger partial charge on any atom is -0.497 e. The molecule has 0 atom stereocenters. The Kier molecular flexibility index (Phi) is 6.37. The molecular weight excluding hydrogens is 369 g/mol. The number of hydrogen-bond acceptors (Lipinski definition) is 6. The summed E-state index contributed by atoms with van der Waals surface area (Å²) in [4.78, 5) is 12.0. The summed E-state index contributed by atoms with van der Waals surface area (Å²) in [5.41, 5.74) is 1.61. The van der Waals surface area contributed by atoms with Gasteiger partial charge in [0.1, 0.15) is 11.6 Å². The number of carbonyl (C=O) groups is 1. The number of ether oxygens (including phenoxy) is 1. The lowest BCUT2D eigenvalue weighted by Crippen LogP contribution is -2.12. The number of tetrazole rings is 1. The first-order chi connectivity index (χ1) is 13.1. The van der Waals surface area contributed by atoms with Gasteiger partial charge in [0, 0.05) is 17.9 Å². The van der Waals surface area contributed by atoms with E-state index in [4.69, 9.17) is 4.74 Å². The van der Waals surface area contributed by atoms with Crippen molar-refractivity contribution >= 4 is 23.4 Å². The highest BCUT2D eigenvalue weighted by molar-refractivity contribution is 7.99. The van der Waals surface area contributed by atoms with Crippen molar-refractivity contribution < 1.29 is 13.9 Å². The van der Waals surface area contributed by atoms with Crippen molar-refractivity contribution in [2.24, 2.45) is 0 Å². The third-order valence-electron chi connectivity index (χ3n) is 3.68. The predicted molar refractivity (Wildman–Crippen MR) is 100 cm³/mol. The Labute approximate surface area is 159 Å². The van der Waals surface area contributed by atoms with Gasteiger partial charge in [-0.05, 0) is 52.4 Å². The summed E-state index contributed by atoms with van der Waals surface area (Å²) in [6.45, 7) is 0.529. The predicted octanol–water partition coefficient (Wildman–Crippen LogP) is 2.99. The van der Waals surface area contributed by atoms with E-state index in [1.165, 1.54) is 36.0 Å². The van der Waals surface area contributed by atoms with Crippen LogP contribution in [0.1, 0.15) is 12.0 Å². The molecule has 1 amide bonds. The zero-order chi connectivity index (χ0) is 19.1. The van der Waals surface area contributed by atoms with E-state index in [9.17, 15) is 9.18 Å². The molecule has 0 fully saturated rings. The van der Waals surface area contributed by atoms with Crippen LogP contribution >= 0.6 is 11.8 Å². The zero-order valence-corrected chi connectivity index (χ0v) is 15.4. The molecule has 2 aromatic carbocycles. The molecule has 1 N–H and O–H groups in total. The number of aromatic nitrogens is 4. The van der Waals surface area contributed by atoms with Crippen LogP contribution in [0.25, 0.3) is 0 Å². The molecule has 0 spiro atoms. The number of thioether (sulfide) groups is 1. The summed E-state index contributed by atoms with van der Waals surface area (Å²) in [5, 5.41) is 15.1. The smallest absolute Gasteiger partial charge is 0.225 e. The average Bonchev–Trinajstić information content (AvgIpc) is 3.11. The van der Waals surface area contributed by atoms with Gasteiger partial charge in [-0.1, -0.05) is 23.9 Å². The summed E-state index contributed by atoms with van der Waals surface area (Å²) in [6.07, 6.45) is 0.289. The molecular formula is C18H18FN5O2S. The molecule has 0 aliphatic rings. The van der Waals surface area contributed by atoms with E-state index in [0.29, 0.717) is 23.1 Å². The number of benzene rings is 2. The fourth-order valence-electron chi connectivity index (χ4n) is 2.29. The molecule has 3 rings (SSSR count). The van der Waals surface area contributed by atoms with Gasteiger partial charge >= 0.3 is 0 Å². The highest BCUT2D eigenvalue weighted by atomic mass is 32.2. The number of amides is 1. The van der Waals surface area contributed by atoms with E-state index < -0.39 is 0 Å². The van der Waals surface area contributed by atoms with Gasteiger partial charge in [0.05, 0.1) is 13.7 Å². The molecule has 0 aliphatic heterocycles. The van der Waals surface area contributed by atoms with Gasteiger partial charge < -0.3 is 10.1 Å². The summed E-state index contributed by atoms with van der Waals surface area (Å²) in [7, 11) is 1.62. The third-order valence-corrected chi connectivity index (χ3v) is 4.64. The fraction of sp³-hybridized carbons (Fsp3) is 0.222. The van der Waals surface area contributed by atoms with Crippen LogP contribution in [0.2, 0.25) is 0 Å². The number of rotatable bonds is 8. The van der Waals surface area contributed by atoms with Crippen molar-refractivity contribution in [3.63, 3.8) is 0 Å². The molecule has 0 saturated carbocycles. The molecule has 27 heavy (non-hydrogen) atoms. The summed E-state index contributed by atoms with van der Waals surface area (Å²) >= 11 is 1.40. The monoisotopic (exact) mass is 387 g/mol. The van der Waals surface area contributed by atoms with E-state index in [-0.39, 0.29) is 18.1 Å². The first-order valence-electron chi connectivity index (χ1n) is 8.21. The Morgan fingerprint density at radius 1 is 1.19 bits per heavy atom. The number of halogens is 1. The van der Waals surface area contributed by atoms with Crippen molar-refractivity contribution in [1.82, 2.24) is 20.2 Å². The Morgan fingerprint density at radius 3 is 2.63 bits per heavy atom. The van der Waals surface area contributed by atoms with Crippen molar-refractivity contribution in [3.8, 4) is 5.75 Å². The maximum atomic E-state index is 12.9. The molecule has 1 heterocycles. The van der Waals surface area contributed by atoms with Crippen molar-refractivity contribution in [3.05, 3.63) is 59.9 Å². The second kappa shape index (κ2) is 9.13. The molecule has 0 unspecified atom stereocenters. The maximum Gasteiger partial charge on any atom is 0.225 e. The molecule has 140 valence electrons. The highest BCUT2D eigenvalue weighted by Gasteiger charge is 2.09. The van der Waals surface area contributed by atoms with Gasteiger partial charge in [0.25, 0.3) is 0 Å². The average molecular weight is 387 g/mol. The summed E-state index contributed by atoms with van der Waals surface area (Å²) in [5.74, 6) is 0.823. The SMILES string of the molecule is COc1ccc(Cn2nnnc2SCCC(=O)Nc2ccc(F)cc2)cc1. The van der Waals surface area contributed by atoms with Crippen LogP contribution in [0, 0.1) is 5.82 Å². The number of anilines is 1. The van der Waals surface area contributed by atoms with Crippen LogP contribution in [0.4, 0.5) is 10.1 Å². The van der Waals surface area contributed by atoms with E-state index in [1.807, 2.05) is 24.3 Å². The van der Waals surface area contributed by atoms with Crippen LogP contribution in [0.15, 0.2) is 53.7 Å². The molecule has 3 aromatic rings. The van der Waals surface area contributed by atoms with Crippen LogP contribution < -0.4 is 10.1 Å². The standard InChI is InChI=1S/C18H18FN5O2S/c1-26-16-8-2-13(3-9-16)12-24-18(21-22-23-24)27-11-10-17(25)20-15-6-4-14(19)5-7-15/h2-9H,10-12H2,1H3,(H,20,25). The second-order valence-corrected chi connectivity index (χ2v) is 6.68. The first kappa shape index (κ1) is 18.8. The Hall–Kier alpha value is -2.94. The number of carbonyl (C=O) groups excluding carboxylic acids is 1.